The molecule has 0 saturated carbocycles. The monoisotopic (exact) mass is 473 g/mol. The molecule has 0 bridgehead atoms. The standard InChI is InChI=1S/C9H9NO.C9H9NS.C9H9N.2CH4/c2*1-10-6-7-11-9-5-3-2-4-8(9)10;1-10-7-6-8-4-2-3-5-9(8)10;;/h2*2-7H,1H3;2-7H,1H3;2*1H4. The van der Waals surface area contributed by atoms with Crippen molar-refractivity contribution in [3.8, 4) is 5.75 Å². The van der Waals surface area contributed by atoms with Crippen LogP contribution in [0.3, 0.4) is 0 Å². The molecular formula is C29H35N3OS. The second-order valence-electron chi connectivity index (χ2n) is 7.45. The van der Waals surface area contributed by atoms with Gasteiger partial charge in [0.2, 0.25) is 0 Å². The number of anilines is 2. The first kappa shape index (κ1) is 26.7. The Hall–Kier alpha value is -3.57. The van der Waals surface area contributed by atoms with Crippen LogP contribution in [0.5, 0.6) is 5.75 Å². The minimum atomic E-state index is 0. The minimum absolute atomic E-state index is 0. The van der Waals surface area contributed by atoms with E-state index in [4.69, 9.17) is 4.74 Å². The molecule has 0 fully saturated rings. The molecule has 0 N–H and O–H groups in total. The maximum atomic E-state index is 5.27. The van der Waals surface area contributed by atoms with Gasteiger partial charge in [0.25, 0.3) is 0 Å². The Kier molecular flexibility index (Phi) is 9.90. The Morgan fingerprint density at radius 2 is 1.32 bits per heavy atom. The number of aryl methyl sites for hydroxylation is 1. The highest BCUT2D eigenvalue weighted by molar-refractivity contribution is 8.02. The number of rotatable bonds is 0. The molecule has 2 aliphatic rings. The Labute approximate surface area is 208 Å². The molecule has 3 aromatic carbocycles. The van der Waals surface area contributed by atoms with E-state index >= 15 is 0 Å². The molecular weight excluding hydrogens is 438 g/mol. The van der Waals surface area contributed by atoms with Crippen LogP contribution >= 0.6 is 11.8 Å². The van der Waals surface area contributed by atoms with Crippen molar-refractivity contribution in [3.63, 3.8) is 0 Å². The Balaban J connectivity index is 0.000000175. The molecule has 1 aromatic heterocycles. The molecule has 178 valence electrons. The second-order valence-corrected chi connectivity index (χ2v) is 8.40. The van der Waals surface area contributed by atoms with Crippen LogP contribution in [0.25, 0.3) is 10.9 Å². The van der Waals surface area contributed by atoms with Crippen molar-refractivity contribution >= 4 is 34.0 Å². The van der Waals surface area contributed by atoms with Crippen LogP contribution < -0.4 is 14.5 Å². The van der Waals surface area contributed by atoms with E-state index in [1.54, 1.807) is 18.0 Å². The molecule has 0 aliphatic carbocycles. The summed E-state index contributed by atoms with van der Waals surface area (Å²) in [5, 5.41) is 3.41. The third-order valence-corrected chi connectivity index (χ3v) is 6.10. The molecule has 0 spiro atoms. The molecule has 6 rings (SSSR count). The summed E-state index contributed by atoms with van der Waals surface area (Å²) in [4.78, 5) is 5.49. The van der Waals surface area contributed by atoms with Gasteiger partial charge in [-0.3, -0.25) is 0 Å². The van der Waals surface area contributed by atoms with Crippen LogP contribution in [0.1, 0.15) is 14.9 Å². The molecule has 0 unspecified atom stereocenters. The van der Waals surface area contributed by atoms with Gasteiger partial charge >= 0.3 is 0 Å². The van der Waals surface area contributed by atoms with E-state index in [2.05, 4.69) is 96.0 Å². The molecule has 0 radical (unpaired) electrons. The van der Waals surface area contributed by atoms with Gasteiger partial charge in [-0.2, -0.15) is 0 Å². The lowest BCUT2D eigenvalue weighted by molar-refractivity contribution is 0.471. The molecule has 34 heavy (non-hydrogen) atoms. The number of aromatic nitrogens is 1. The number of thioether (sulfide) groups is 1. The summed E-state index contributed by atoms with van der Waals surface area (Å²) in [7, 11) is 6.12. The number of ether oxygens (including phenoxy) is 1. The molecule has 3 heterocycles. The lowest BCUT2D eigenvalue weighted by Gasteiger charge is -2.20. The number of nitrogens with zero attached hydrogens (tertiary/aromatic N) is 3. The number of fused-ring (bicyclic) bond motifs is 3. The van der Waals surface area contributed by atoms with Crippen LogP contribution in [0.2, 0.25) is 0 Å². The van der Waals surface area contributed by atoms with Crippen molar-refractivity contribution in [1.82, 2.24) is 4.57 Å². The number of benzene rings is 3. The van der Waals surface area contributed by atoms with E-state index in [0.29, 0.717) is 0 Å². The van der Waals surface area contributed by atoms with Crippen LogP contribution in [-0.4, -0.2) is 18.7 Å². The van der Waals surface area contributed by atoms with E-state index < -0.39 is 0 Å². The Morgan fingerprint density at radius 1 is 0.676 bits per heavy atom. The third kappa shape index (κ3) is 6.27. The topological polar surface area (TPSA) is 20.6 Å². The molecule has 4 nitrogen and oxygen atoms in total. The van der Waals surface area contributed by atoms with Gasteiger partial charge in [0, 0.05) is 50.2 Å². The molecule has 0 amide bonds. The molecule has 4 aromatic rings. The zero-order chi connectivity index (χ0) is 22.3. The third-order valence-electron chi connectivity index (χ3n) is 5.24. The molecule has 0 saturated heterocycles. The van der Waals surface area contributed by atoms with Crippen molar-refractivity contribution in [2.75, 3.05) is 23.9 Å². The van der Waals surface area contributed by atoms with Crippen molar-refractivity contribution < 1.29 is 4.74 Å². The quantitative estimate of drug-likeness (QED) is 0.257. The zero-order valence-corrected chi connectivity index (χ0v) is 19.4. The fraction of sp³-hybridized carbons (Fsp3) is 0.172. The maximum Gasteiger partial charge on any atom is 0.150 e. The highest BCUT2D eigenvalue weighted by atomic mass is 32.2. The summed E-state index contributed by atoms with van der Waals surface area (Å²) < 4.78 is 7.39. The summed E-state index contributed by atoms with van der Waals surface area (Å²) in [6.07, 6.45) is 7.72. The van der Waals surface area contributed by atoms with Gasteiger partial charge in [0.05, 0.1) is 11.4 Å². The van der Waals surface area contributed by atoms with Gasteiger partial charge in [-0.25, -0.2) is 0 Å². The van der Waals surface area contributed by atoms with Crippen LogP contribution in [0.15, 0.2) is 114 Å². The molecule has 5 heteroatoms. The van der Waals surface area contributed by atoms with Gasteiger partial charge in [-0.15, -0.1) is 0 Å². The Morgan fingerprint density at radius 3 is 2.06 bits per heavy atom. The predicted molar refractivity (Wildman–Crippen MR) is 151 cm³/mol. The predicted octanol–water partition coefficient (Wildman–Crippen LogP) is 8.14. The van der Waals surface area contributed by atoms with E-state index in [1.807, 2.05) is 42.4 Å². The Bertz CT molecular complexity index is 1180. The second kappa shape index (κ2) is 12.6. The molecule has 2 aliphatic heterocycles. The summed E-state index contributed by atoms with van der Waals surface area (Å²) in [5.74, 6) is 0.914. The molecule has 0 atom stereocenters. The van der Waals surface area contributed by atoms with Gasteiger partial charge in [-0.05, 0) is 47.2 Å². The van der Waals surface area contributed by atoms with Crippen molar-refractivity contribution in [1.29, 1.82) is 0 Å². The normalized spacial score (nSPS) is 12.4. The fourth-order valence-corrected chi connectivity index (χ4v) is 4.35. The number of hydrogen-bond acceptors (Lipinski definition) is 4. The first-order valence-electron chi connectivity index (χ1n) is 10.4. The van der Waals surface area contributed by atoms with Crippen LogP contribution in [0, 0.1) is 0 Å². The van der Waals surface area contributed by atoms with Gasteiger partial charge in [-0.1, -0.05) is 69.1 Å². The lowest BCUT2D eigenvalue weighted by Crippen LogP contribution is -2.12. The van der Waals surface area contributed by atoms with E-state index in [0.717, 1.165) is 11.4 Å². The lowest BCUT2D eigenvalue weighted by atomic mass is 10.2. The minimum Gasteiger partial charge on any atom is -0.461 e. The van der Waals surface area contributed by atoms with Crippen LogP contribution in [-0.2, 0) is 7.05 Å². The smallest absolute Gasteiger partial charge is 0.150 e. The van der Waals surface area contributed by atoms with E-state index in [-0.39, 0.29) is 14.9 Å². The van der Waals surface area contributed by atoms with Gasteiger partial charge in [0.1, 0.15) is 12.0 Å². The highest BCUT2D eigenvalue weighted by Gasteiger charge is 2.08. The summed E-state index contributed by atoms with van der Waals surface area (Å²) in [6, 6.07) is 26.8. The van der Waals surface area contributed by atoms with Crippen molar-refractivity contribution in [3.05, 3.63) is 109 Å². The van der Waals surface area contributed by atoms with Crippen LogP contribution in [0.4, 0.5) is 11.4 Å². The van der Waals surface area contributed by atoms with E-state index in [9.17, 15) is 0 Å². The largest absolute Gasteiger partial charge is 0.461 e. The summed E-state index contributed by atoms with van der Waals surface area (Å²) in [6.45, 7) is 0. The van der Waals surface area contributed by atoms with Gasteiger partial charge < -0.3 is 19.1 Å². The van der Waals surface area contributed by atoms with Crippen molar-refractivity contribution in [2.45, 2.75) is 19.7 Å². The van der Waals surface area contributed by atoms with E-state index in [1.165, 1.54) is 21.5 Å². The first-order valence-corrected chi connectivity index (χ1v) is 11.3. The SMILES string of the molecule is C.C.CN1C=COc2ccccc21.CN1C=CSc2ccccc21.Cn1ccc2ccccc21. The first-order chi connectivity index (χ1) is 15.6. The van der Waals surface area contributed by atoms with Crippen molar-refractivity contribution in [2.24, 2.45) is 7.05 Å². The maximum absolute atomic E-state index is 5.27. The summed E-state index contributed by atoms with van der Waals surface area (Å²) >= 11 is 1.77. The average molecular weight is 474 g/mol. The number of hydrogen-bond donors (Lipinski definition) is 0. The zero-order valence-electron chi connectivity index (χ0n) is 18.6. The number of para-hydroxylation sites is 4. The average Bonchev–Trinajstić information content (AvgIpc) is 3.22. The summed E-state index contributed by atoms with van der Waals surface area (Å²) in [5.41, 5.74) is 3.69. The highest BCUT2D eigenvalue weighted by Crippen LogP contribution is 2.33. The fourth-order valence-electron chi connectivity index (χ4n) is 3.47. The van der Waals surface area contributed by atoms with Gasteiger partial charge in [0.15, 0.2) is 0 Å².